The van der Waals surface area contributed by atoms with Crippen molar-refractivity contribution in [2.45, 2.75) is 19.8 Å². The molecule has 0 bridgehead atoms. The second kappa shape index (κ2) is 9.79. The van der Waals surface area contributed by atoms with E-state index in [0.717, 1.165) is 5.56 Å². The number of hydrogen-bond donors (Lipinski definition) is 1. The Balaban J connectivity index is 1.91. The lowest BCUT2D eigenvalue weighted by Gasteiger charge is -2.14. The summed E-state index contributed by atoms with van der Waals surface area (Å²) < 4.78 is 16.9. The first-order valence-electron chi connectivity index (χ1n) is 8.07. The van der Waals surface area contributed by atoms with Crippen LogP contribution in [0.15, 0.2) is 42.5 Å². The van der Waals surface area contributed by atoms with Gasteiger partial charge in [0.1, 0.15) is 19.0 Å². The predicted molar refractivity (Wildman–Crippen MR) is 96.0 cm³/mol. The van der Waals surface area contributed by atoms with Gasteiger partial charge in [0.15, 0.2) is 11.5 Å². The fraction of sp³-hybridized carbons (Fsp3) is 0.316. The molecule has 0 aliphatic carbocycles. The van der Waals surface area contributed by atoms with Crippen LogP contribution in [-0.2, 0) is 11.2 Å². The summed E-state index contributed by atoms with van der Waals surface area (Å²) in [5.41, 5.74) is 0.894. The molecular weight excluding hydrogens is 344 g/mol. The Hall–Kier alpha value is -2.40. The number of benzene rings is 2. The highest BCUT2D eigenvalue weighted by Gasteiger charge is 2.08. The minimum atomic E-state index is -0.824. The van der Waals surface area contributed by atoms with E-state index in [4.69, 9.17) is 30.9 Å². The Bertz CT molecular complexity index is 702. The molecule has 0 fully saturated rings. The summed E-state index contributed by atoms with van der Waals surface area (Å²) in [6.07, 6.45) is 0.531. The Labute approximate surface area is 152 Å². The lowest BCUT2D eigenvalue weighted by Crippen LogP contribution is -2.10. The van der Waals surface area contributed by atoms with Crippen LogP contribution in [0.3, 0.4) is 0 Å². The molecular formula is C19H21ClO5. The number of aryl methyl sites for hydroxylation is 1. The first-order chi connectivity index (χ1) is 12.1. The summed E-state index contributed by atoms with van der Waals surface area (Å²) in [7, 11) is 0. The van der Waals surface area contributed by atoms with E-state index in [0.29, 0.717) is 48.5 Å². The molecule has 0 amide bonds. The van der Waals surface area contributed by atoms with Gasteiger partial charge in [-0.1, -0.05) is 29.8 Å². The number of ether oxygens (including phenoxy) is 3. The van der Waals surface area contributed by atoms with Crippen LogP contribution in [0.5, 0.6) is 17.2 Å². The normalized spacial score (nSPS) is 10.3. The van der Waals surface area contributed by atoms with Crippen LogP contribution >= 0.6 is 11.6 Å². The van der Waals surface area contributed by atoms with Crippen molar-refractivity contribution in [1.82, 2.24) is 0 Å². The van der Waals surface area contributed by atoms with Crippen LogP contribution in [0.2, 0.25) is 5.02 Å². The second-order valence-electron chi connectivity index (χ2n) is 5.24. The van der Waals surface area contributed by atoms with E-state index >= 15 is 0 Å². The summed E-state index contributed by atoms with van der Waals surface area (Å²) in [5, 5.41) is 9.34. The SMILES string of the molecule is CCOc1cc(CCC(=O)O)ccc1OCCOc1ccccc1Cl. The van der Waals surface area contributed by atoms with Gasteiger partial charge in [-0.3, -0.25) is 4.79 Å². The van der Waals surface area contributed by atoms with Crippen LogP contribution in [0.4, 0.5) is 0 Å². The summed E-state index contributed by atoms with van der Waals surface area (Å²) in [6.45, 7) is 3.05. The average molecular weight is 365 g/mol. The number of para-hydroxylation sites is 1. The van der Waals surface area contributed by atoms with E-state index in [9.17, 15) is 4.79 Å². The molecule has 0 unspecified atom stereocenters. The van der Waals surface area contributed by atoms with Gasteiger partial charge in [-0.15, -0.1) is 0 Å². The largest absolute Gasteiger partial charge is 0.490 e. The zero-order valence-corrected chi connectivity index (χ0v) is 14.8. The van der Waals surface area contributed by atoms with Gasteiger partial charge < -0.3 is 19.3 Å². The highest BCUT2D eigenvalue weighted by Crippen LogP contribution is 2.29. The highest BCUT2D eigenvalue weighted by molar-refractivity contribution is 6.32. The molecule has 6 heteroatoms. The molecule has 2 rings (SSSR count). The molecule has 0 aliphatic heterocycles. The van der Waals surface area contributed by atoms with Gasteiger partial charge in [0, 0.05) is 6.42 Å². The molecule has 0 aromatic heterocycles. The van der Waals surface area contributed by atoms with Crippen molar-refractivity contribution < 1.29 is 24.1 Å². The maximum absolute atomic E-state index is 10.7. The Morgan fingerprint density at radius 2 is 1.72 bits per heavy atom. The van der Waals surface area contributed by atoms with Gasteiger partial charge in [0.05, 0.1) is 11.6 Å². The first kappa shape index (κ1) is 18.9. The van der Waals surface area contributed by atoms with E-state index in [1.54, 1.807) is 18.2 Å². The molecule has 0 aliphatic rings. The van der Waals surface area contributed by atoms with Gasteiger partial charge in [-0.05, 0) is 43.2 Å². The lowest BCUT2D eigenvalue weighted by atomic mass is 10.1. The van der Waals surface area contributed by atoms with Crippen molar-refractivity contribution in [3.05, 3.63) is 53.1 Å². The smallest absolute Gasteiger partial charge is 0.303 e. The maximum Gasteiger partial charge on any atom is 0.303 e. The fourth-order valence-corrected chi connectivity index (χ4v) is 2.40. The van der Waals surface area contributed by atoms with Gasteiger partial charge in [-0.2, -0.15) is 0 Å². The number of halogens is 1. The highest BCUT2D eigenvalue weighted by atomic mass is 35.5. The van der Waals surface area contributed by atoms with Crippen LogP contribution in [0, 0.1) is 0 Å². The first-order valence-corrected chi connectivity index (χ1v) is 8.45. The standard InChI is InChI=1S/C19H21ClO5/c1-2-23-18-13-14(8-10-19(21)22)7-9-17(18)25-12-11-24-16-6-4-3-5-15(16)20/h3-7,9,13H,2,8,10-12H2,1H3,(H,21,22). The zero-order chi connectivity index (χ0) is 18.1. The number of rotatable bonds is 10. The molecule has 0 heterocycles. The maximum atomic E-state index is 10.7. The topological polar surface area (TPSA) is 65.0 Å². The quantitative estimate of drug-likeness (QED) is 0.639. The molecule has 2 aromatic rings. The third-order valence-corrected chi connectivity index (χ3v) is 3.68. The molecule has 2 aromatic carbocycles. The molecule has 25 heavy (non-hydrogen) atoms. The molecule has 0 spiro atoms. The van der Waals surface area contributed by atoms with Crippen molar-refractivity contribution in [1.29, 1.82) is 0 Å². The lowest BCUT2D eigenvalue weighted by molar-refractivity contribution is -0.136. The number of aliphatic carboxylic acids is 1. The predicted octanol–water partition coefficient (Wildman–Crippen LogP) is 4.21. The van der Waals surface area contributed by atoms with Crippen LogP contribution in [0.25, 0.3) is 0 Å². The average Bonchev–Trinajstić information content (AvgIpc) is 2.60. The molecule has 5 nitrogen and oxygen atoms in total. The van der Waals surface area contributed by atoms with Crippen molar-refractivity contribution >= 4 is 17.6 Å². The summed E-state index contributed by atoms with van der Waals surface area (Å²) in [4.78, 5) is 10.7. The minimum absolute atomic E-state index is 0.0808. The van der Waals surface area contributed by atoms with Crippen molar-refractivity contribution in [3.63, 3.8) is 0 Å². The van der Waals surface area contributed by atoms with Crippen molar-refractivity contribution in [3.8, 4) is 17.2 Å². The van der Waals surface area contributed by atoms with Gasteiger partial charge in [-0.25, -0.2) is 0 Å². The second-order valence-corrected chi connectivity index (χ2v) is 5.64. The number of carbonyl (C=O) groups is 1. The Kier molecular flexibility index (Phi) is 7.41. The Morgan fingerprint density at radius 3 is 2.40 bits per heavy atom. The molecule has 1 N–H and O–H groups in total. The zero-order valence-electron chi connectivity index (χ0n) is 14.0. The fourth-order valence-electron chi connectivity index (χ4n) is 2.21. The van der Waals surface area contributed by atoms with Crippen LogP contribution < -0.4 is 14.2 Å². The summed E-state index contributed by atoms with van der Waals surface area (Å²) in [6, 6.07) is 12.7. The van der Waals surface area contributed by atoms with Gasteiger partial charge in [0.25, 0.3) is 0 Å². The molecule has 134 valence electrons. The number of carboxylic acids is 1. The summed E-state index contributed by atoms with van der Waals surface area (Å²) >= 11 is 6.03. The third-order valence-electron chi connectivity index (χ3n) is 3.37. The van der Waals surface area contributed by atoms with Crippen LogP contribution in [0.1, 0.15) is 18.9 Å². The van der Waals surface area contributed by atoms with Gasteiger partial charge in [0.2, 0.25) is 0 Å². The Morgan fingerprint density at radius 1 is 1.00 bits per heavy atom. The number of carboxylic acid groups (broad SMARTS) is 1. The molecule has 0 radical (unpaired) electrons. The minimum Gasteiger partial charge on any atom is -0.490 e. The molecule has 0 atom stereocenters. The molecule has 0 saturated heterocycles. The van der Waals surface area contributed by atoms with E-state index < -0.39 is 5.97 Å². The third kappa shape index (κ3) is 6.19. The monoisotopic (exact) mass is 364 g/mol. The molecule has 0 saturated carbocycles. The van der Waals surface area contributed by atoms with E-state index in [1.165, 1.54) is 0 Å². The van der Waals surface area contributed by atoms with E-state index in [1.807, 2.05) is 31.2 Å². The van der Waals surface area contributed by atoms with Gasteiger partial charge >= 0.3 is 5.97 Å². The summed E-state index contributed by atoms with van der Waals surface area (Å²) in [5.74, 6) is 0.989. The van der Waals surface area contributed by atoms with Crippen molar-refractivity contribution in [2.75, 3.05) is 19.8 Å². The number of hydrogen-bond acceptors (Lipinski definition) is 4. The van der Waals surface area contributed by atoms with Crippen LogP contribution in [-0.4, -0.2) is 30.9 Å². The van der Waals surface area contributed by atoms with E-state index in [-0.39, 0.29) is 6.42 Å². The van der Waals surface area contributed by atoms with Crippen molar-refractivity contribution in [2.24, 2.45) is 0 Å². The van der Waals surface area contributed by atoms with E-state index in [2.05, 4.69) is 0 Å².